The lowest BCUT2D eigenvalue weighted by atomic mass is 10.2. The number of non-ortho nitro benzene ring substituents is 1. The molecule has 0 aliphatic carbocycles. The highest BCUT2D eigenvalue weighted by molar-refractivity contribution is 5.58. The second kappa shape index (κ2) is 6.78. The number of hydrogen-bond acceptors (Lipinski definition) is 6. The Balaban J connectivity index is 1.99. The molecule has 0 saturated heterocycles. The van der Waals surface area contributed by atoms with Crippen LogP contribution in [0.4, 0.5) is 5.69 Å². The minimum absolute atomic E-state index is 0.0507. The van der Waals surface area contributed by atoms with Crippen LogP contribution in [0, 0.1) is 10.1 Å². The Morgan fingerprint density at radius 3 is 2.80 bits per heavy atom. The van der Waals surface area contributed by atoms with Gasteiger partial charge in [-0.25, -0.2) is 4.98 Å². The zero-order chi connectivity index (χ0) is 14.4. The molecule has 7 nitrogen and oxygen atoms in total. The van der Waals surface area contributed by atoms with Gasteiger partial charge in [-0.3, -0.25) is 10.1 Å². The Hall–Kier alpha value is -2.25. The molecule has 0 radical (unpaired) electrons. The lowest BCUT2D eigenvalue weighted by molar-refractivity contribution is -0.384. The topological polar surface area (TPSA) is 90.4 Å². The number of nitro groups is 1. The predicted octanol–water partition coefficient (Wildman–Crippen LogP) is 1.99. The van der Waals surface area contributed by atoms with Gasteiger partial charge in [0.05, 0.1) is 24.3 Å². The standard InChI is InChI=1S/C13H15N3O4/c1-19-7-6-14-9-13-15-8-12(20-13)10-2-4-11(5-3-10)16(17)18/h2-5,8,14H,6-7,9H2,1H3. The Kier molecular flexibility index (Phi) is 4.80. The van der Waals surface area contributed by atoms with Gasteiger partial charge in [-0.05, 0) is 12.1 Å². The van der Waals surface area contributed by atoms with E-state index < -0.39 is 4.92 Å². The van der Waals surface area contributed by atoms with E-state index in [1.165, 1.54) is 12.1 Å². The third kappa shape index (κ3) is 3.62. The summed E-state index contributed by atoms with van der Waals surface area (Å²) in [6, 6.07) is 6.16. The van der Waals surface area contributed by atoms with E-state index in [0.717, 1.165) is 5.56 Å². The van der Waals surface area contributed by atoms with Crippen molar-refractivity contribution in [3.63, 3.8) is 0 Å². The molecule has 7 heteroatoms. The van der Waals surface area contributed by atoms with Gasteiger partial charge in [-0.15, -0.1) is 0 Å². The minimum Gasteiger partial charge on any atom is -0.439 e. The number of methoxy groups -OCH3 is 1. The maximum absolute atomic E-state index is 10.6. The van der Waals surface area contributed by atoms with Crippen molar-refractivity contribution in [2.45, 2.75) is 6.54 Å². The zero-order valence-corrected chi connectivity index (χ0v) is 11.0. The van der Waals surface area contributed by atoms with Gasteiger partial charge in [0, 0.05) is 31.4 Å². The van der Waals surface area contributed by atoms with Crippen LogP contribution >= 0.6 is 0 Å². The van der Waals surface area contributed by atoms with Gasteiger partial charge >= 0.3 is 0 Å². The van der Waals surface area contributed by atoms with Crippen molar-refractivity contribution in [2.75, 3.05) is 20.3 Å². The Morgan fingerprint density at radius 1 is 1.40 bits per heavy atom. The van der Waals surface area contributed by atoms with Gasteiger partial charge in [0.25, 0.3) is 5.69 Å². The summed E-state index contributed by atoms with van der Waals surface area (Å²) in [4.78, 5) is 14.3. The summed E-state index contributed by atoms with van der Waals surface area (Å²) in [7, 11) is 1.64. The first-order valence-corrected chi connectivity index (χ1v) is 6.10. The van der Waals surface area contributed by atoms with Crippen molar-refractivity contribution >= 4 is 5.69 Å². The quantitative estimate of drug-likeness (QED) is 0.473. The molecule has 0 fully saturated rings. The number of aromatic nitrogens is 1. The SMILES string of the molecule is COCCNCc1ncc(-c2ccc([N+](=O)[O-])cc2)o1. The van der Waals surface area contributed by atoms with E-state index in [1.54, 1.807) is 25.4 Å². The molecule has 20 heavy (non-hydrogen) atoms. The van der Waals surface area contributed by atoms with Crippen LogP contribution in [0.1, 0.15) is 5.89 Å². The summed E-state index contributed by atoms with van der Waals surface area (Å²) in [6.45, 7) is 1.85. The van der Waals surface area contributed by atoms with Crippen molar-refractivity contribution in [3.8, 4) is 11.3 Å². The third-order valence-corrected chi connectivity index (χ3v) is 2.68. The molecule has 0 aliphatic rings. The number of hydrogen-bond donors (Lipinski definition) is 1. The summed E-state index contributed by atoms with van der Waals surface area (Å²) in [5.41, 5.74) is 0.806. The second-order valence-electron chi connectivity index (χ2n) is 4.09. The fourth-order valence-electron chi connectivity index (χ4n) is 1.64. The van der Waals surface area contributed by atoms with Crippen LogP contribution in [0.15, 0.2) is 34.9 Å². The second-order valence-corrected chi connectivity index (χ2v) is 4.09. The van der Waals surface area contributed by atoms with E-state index in [4.69, 9.17) is 9.15 Å². The molecular weight excluding hydrogens is 262 g/mol. The molecule has 0 unspecified atom stereocenters. The van der Waals surface area contributed by atoms with Crippen LogP contribution in [0.25, 0.3) is 11.3 Å². The van der Waals surface area contributed by atoms with Gasteiger partial charge in [0.15, 0.2) is 5.76 Å². The average Bonchev–Trinajstić information content (AvgIpc) is 2.92. The van der Waals surface area contributed by atoms with Gasteiger partial charge in [-0.1, -0.05) is 0 Å². The molecule has 0 amide bonds. The highest BCUT2D eigenvalue weighted by Crippen LogP contribution is 2.22. The van der Waals surface area contributed by atoms with E-state index in [0.29, 0.717) is 31.3 Å². The summed E-state index contributed by atoms with van der Waals surface area (Å²) >= 11 is 0. The smallest absolute Gasteiger partial charge is 0.269 e. The first kappa shape index (κ1) is 14.2. The number of nitro benzene ring substituents is 1. The molecule has 1 aromatic carbocycles. The molecule has 0 saturated carbocycles. The van der Waals surface area contributed by atoms with Crippen LogP contribution in [-0.4, -0.2) is 30.2 Å². The van der Waals surface area contributed by atoms with E-state index in [2.05, 4.69) is 10.3 Å². The van der Waals surface area contributed by atoms with Gasteiger partial charge < -0.3 is 14.5 Å². The van der Waals surface area contributed by atoms with Crippen LogP contribution in [0.3, 0.4) is 0 Å². The van der Waals surface area contributed by atoms with Crippen LogP contribution in [-0.2, 0) is 11.3 Å². The number of nitrogens with one attached hydrogen (secondary N) is 1. The van der Waals surface area contributed by atoms with Gasteiger partial charge in [0.2, 0.25) is 5.89 Å². The molecular formula is C13H15N3O4. The summed E-state index contributed by atoms with van der Waals surface area (Å²) in [6.07, 6.45) is 1.61. The Labute approximate surface area is 115 Å². The first-order valence-electron chi connectivity index (χ1n) is 6.10. The van der Waals surface area contributed by atoms with E-state index in [-0.39, 0.29) is 5.69 Å². The summed E-state index contributed by atoms with van der Waals surface area (Å²) in [5, 5.41) is 13.7. The Morgan fingerprint density at radius 2 is 2.15 bits per heavy atom. The van der Waals surface area contributed by atoms with Crippen molar-refractivity contribution in [2.24, 2.45) is 0 Å². The van der Waals surface area contributed by atoms with Gasteiger partial charge in [-0.2, -0.15) is 0 Å². The van der Waals surface area contributed by atoms with Crippen molar-refractivity contribution in [1.82, 2.24) is 10.3 Å². The fourth-order valence-corrected chi connectivity index (χ4v) is 1.64. The lowest BCUT2D eigenvalue weighted by Gasteiger charge is -2.00. The zero-order valence-electron chi connectivity index (χ0n) is 11.0. The minimum atomic E-state index is -0.435. The highest BCUT2D eigenvalue weighted by Gasteiger charge is 2.09. The summed E-state index contributed by atoms with van der Waals surface area (Å²) < 4.78 is 10.5. The maximum atomic E-state index is 10.6. The van der Waals surface area contributed by atoms with E-state index in [1.807, 2.05) is 0 Å². The largest absolute Gasteiger partial charge is 0.439 e. The number of nitrogens with zero attached hydrogens (tertiary/aromatic N) is 2. The average molecular weight is 277 g/mol. The van der Waals surface area contributed by atoms with Crippen LogP contribution in [0.2, 0.25) is 0 Å². The monoisotopic (exact) mass is 277 g/mol. The summed E-state index contributed by atoms with van der Waals surface area (Å²) in [5.74, 6) is 1.15. The number of benzene rings is 1. The third-order valence-electron chi connectivity index (χ3n) is 2.68. The Bertz CT molecular complexity index is 565. The van der Waals surface area contributed by atoms with E-state index >= 15 is 0 Å². The predicted molar refractivity (Wildman–Crippen MR) is 72.2 cm³/mol. The highest BCUT2D eigenvalue weighted by atomic mass is 16.6. The molecule has 2 rings (SSSR count). The number of oxazole rings is 1. The normalized spacial score (nSPS) is 10.7. The van der Waals surface area contributed by atoms with E-state index in [9.17, 15) is 10.1 Å². The molecule has 106 valence electrons. The molecule has 1 aromatic heterocycles. The number of rotatable bonds is 7. The van der Waals surface area contributed by atoms with Crippen molar-refractivity contribution in [3.05, 3.63) is 46.5 Å². The molecule has 0 bridgehead atoms. The van der Waals surface area contributed by atoms with Gasteiger partial charge in [0.1, 0.15) is 0 Å². The molecule has 2 aromatic rings. The van der Waals surface area contributed by atoms with Crippen LogP contribution in [0.5, 0.6) is 0 Å². The fraction of sp³-hybridized carbons (Fsp3) is 0.308. The molecule has 1 heterocycles. The van der Waals surface area contributed by atoms with Crippen molar-refractivity contribution < 1.29 is 14.1 Å². The lowest BCUT2D eigenvalue weighted by Crippen LogP contribution is -2.18. The van der Waals surface area contributed by atoms with Crippen LogP contribution < -0.4 is 5.32 Å². The van der Waals surface area contributed by atoms with Crippen molar-refractivity contribution in [1.29, 1.82) is 0 Å². The molecule has 1 N–H and O–H groups in total. The first-order chi connectivity index (χ1) is 9.70. The maximum Gasteiger partial charge on any atom is 0.269 e. The molecule has 0 aliphatic heterocycles. The number of ether oxygens (including phenoxy) is 1. The molecule has 0 atom stereocenters. The molecule has 0 spiro atoms.